The van der Waals surface area contributed by atoms with E-state index in [-0.39, 0.29) is 4.90 Å². The Bertz CT molecular complexity index is 770. The highest BCUT2D eigenvalue weighted by Gasteiger charge is 2.29. The third-order valence-electron chi connectivity index (χ3n) is 3.06. The zero-order valence-electron chi connectivity index (χ0n) is 11.2. The number of aliphatic hydroxyl groups excluding tert-OH is 1. The predicted octanol–water partition coefficient (Wildman–Crippen LogP) is 0.952. The summed E-state index contributed by atoms with van der Waals surface area (Å²) in [7, 11) is -4.03. The number of carboxylic acids is 1. The Morgan fingerprint density at radius 1 is 1.14 bits per heavy atom. The molecule has 0 aliphatic heterocycles. The predicted molar refractivity (Wildman–Crippen MR) is 77.4 cm³/mol. The summed E-state index contributed by atoms with van der Waals surface area (Å²) >= 11 is 0. The molecule has 2 rings (SSSR count). The van der Waals surface area contributed by atoms with E-state index in [1.807, 2.05) is 16.9 Å². The second-order valence-electron chi connectivity index (χ2n) is 4.69. The van der Waals surface area contributed by atoms with Crippen LogP contribution < -0.4 is 4.72 Å². The molecule has 0 amide bonds. The highest BCUT2D eigenvalue weighted by atomic mass is 32.2. The first-order valence-electron chi connectivity index (χ1n) is 6.23. The summed E-state index contributed by atoms with van der Waals surface area (Å²) in [6.45, 7) is 1.21. The van der Waals surface area contributed by atoms with Crippen LogP contribution in [0.5, 0.6) is 0 Å². The summed E-state index contributed by atoms with van der Waals surface area (Å²) in [6, 6.07) is 10.1. The quantitative estimate of drug-likeness (QED) is 0.763. The van der Waals surface area contributed by atoms with Crippen LogP contribution in [0.15, 0.2) is 47.4 Å². The normalized spacial score (nSPS) is 14.8. The Labute approximate surface area is 122 Å². The molecule has 0 bridgehead atoms. The molecule has 6 nitrogen and oxygen atoms in total. The average molecular weight is 309 g/mol. The van der Waals surface area contributed by atoms with Crippen LogP contribution in [-0.2, 0) is 14.8 Å². The summed E-state index contributed by atoms with van der Waals surface area (Å²) < 4.78 is 26.4. The first-order chi connectivity index (χ1) is 9.81. The number of sulfonamides is 1. The fraction of sp³-hybridized carbons (Fsp3) is 0.214. The first kappa shape index (κ1) is 15.4. The van der Waals surface area contributed by atoms with E-state index in [1.165, 1.54) is 19.1 Å². The van der Waals surface area contributed by atoms with E-state index >= 15 is 0 Å². The van der Waals surface area contributed by atoms with Gasteiger partial charge in [0, 0.05) is 0 Å². The van der Waals surface area contributed by atoms with E-state index in [0.29, 0.717) is 0 Å². The van der Waals surface area contributed by atoms with Gasteiger partial charge in [0.05, 0.1) is 11.0 Å². The van der Waals surface area contributed by atoms with Crippen molar-refractivity contribution in [3.8, 4) is 0 Å². The second kappa shape index (κ2) is 5.80. The maximum Gasteiger partial charge on any atom is 0.324 e. The van der Waals surface area contributed by atoms with Crippen molar-refractivity contribution in [1.29, 1.82) is 0 Å². The van der Waals surface area contributed by atoms with Crippen molar-refractivity contribution in [3.63, 3.8) is 0 Å². The maximum atomic E-state index is 12.2. The zero-order valence-corrected chi connectivity index (χ0v) is 12.0. The lowest BCUT2D eigenvalue weighted by atomic mass is 10.1. The van der Waals surface area contributed by atoms with Gasteiger partial charge in [0.15, 0.2) is 0 Å². The minimum Gasteiger partial charge on any atom is -0.480 e. The molecule has 0 saturated carbocycles. The molecule has 2 atom stereocenters. The molecule has 0 aliphatic rings. The average Bonchev–Trinajstić information content (AvgIpc) is 2.43. The highest BCUT2D eigenvalue weighted by Crippen LogP contribution is 2.19. The Hall–Kier alpha value is -1.96. The number of aliphatic carboxylic acids is 1. The van der Waals surface area contributed by atoms with Crippen LogP contribution in [0.2, 0.25) is 0 Å². The Kier molecular flexibility index (Phi) is 4.26. The fourth-order valence-electron chi connectivity index (χ4n) is 1.92. The summed E-state index contributed by atoms with van der Waals surface area (Å²) in [5, 5.41) is 19.9. The molecule has 0 aliphatic carbocycles. The first-order valence-corrected chi connectivity index (χ1v) is 7.71. The van der Waals surface area contributed by atoms with Crippen LogP contribution in [-0.4, -0.2) is 36.7 Å². The number of fused-ring (bicyclic) bond motifs is 1. The molecule has 112 valence electrons. The molecule has 0 fully saturated rings. The molecule has 21 heavy (non-hydrogen) atoms. The Morgan fingerprint density at radius 2 is 1.76 bits per heavy atom. The van der Waals surface area contributed by atoms with E-state index in [4.69, 9.17) is 5.11 Å². The summed E-state index contributed by atoms with van der Waals surface area (Å²) in [6.07, 6.45) is -1.35. The number of nitrogens with one attached hydrogen (secondary N) is 1. The molecule has 0 spiro atoms. The lowest BCUT2D eigenvalue weighted by molar-refractivity contribution is -0.141. The monoisotopic (exact) mass is 309 g/mol. The molecule has 3 N–H and O–H groups in total. The summed E-state index contributed by atoms with van der Waals surface area (Å²) in [4.78, 5) is 10.9. The number of aliphatic hydroxyl groups is 1. The van der Waals surface area contributed by atoms with Gasteiger partial charge in [0.25, 0.3) is 0 Å². The molecule has 2 aromatic rings. The molecule has 2 aromatic carbocycles. The van der Waals surface area contributed by atoms with Gasteiger partial charge in [-0.15, -0.1) is 0 Å². The van der Waals surface area contributed by atoms with Crippen molar-refractivity contribution in [3.05, 3.63) is 42.5 Å². The number of carbonyl (C=O) groups is 1. The molecule has 0 aromatic heterocycles. The second-order valence-corrected chi connectivity index (χ2v) is 6.40. The smallest absolute Gasteiger partial charge is 0.324 e. The van der Waals surface area contributed by atoms with E-state index < -0.39 is 28.1 Å². The third-order valence-corrected chi connectivity index (χ3v) is 4.50. The van der Waals surface area contributed by atoms with Crippen molar-refractivity contribution < 1.29 is 23.4 Å². The van der Waals surface area contributed by atoms with E-state index in [1.54, 1.807) is 18.2 Å². The minimum atomic E-state index is -4.03. The molecule has 0 radical (unpaired) electrons. The number of benzene rings is 2. The van der Waals surface area contributed by atoms with Crippen LogP contribution in [0.3, 0.4) is 0 Å². The molecule has 0 saturated heterocycles. The van der Waals surface area contributed by atoms with Crippen molar-refractivity contribution in [2.45, 2.75) is 24.0 Å². The van der Waals surface area contributed by atoms with Crippen molar-refractivity contribution in [2.75, 3.05) is 0 Å². The van der Waals surface area contributed by atoms with E-state index in [0.717, 1.165) is 10.8 Å². The molecular weight excluding hydrogens is 294 g/mol. The van der Waals surface area contributed by atoms with Crippen LogP contribution in [0.1, 0.15) is 6.92 Å². The van der Waals surface area contributed by atoms with Gasteiger partial charge in [-0.1, -0.05) is 30.3 Å². The molecule has 0 heterocycles. The highest BCUT2D eigenvalue weighted by molar-refractivity contribution is 7.89. The van der Waals surface area contributed by atoms with E-state index in [2.05, 4.69) is 0 Å². The van der Waals surface area contributed by atoms with Crippen molar-refractivity contribution in [1.82, 2.24) is 4.72 Å². The number of hydrogen-bond acceptors (Lipinski definition) is 4. The lowest BCUT2D eigenvalue weighted by Crippen LogP contribution is -2.47. The maximum absolute atomic E-state index is 12.2. The number of hydrogen-bond donors (Lipinski definition) is 3. The Morgan fingerprint density at radius 3 is 2.33 bits per heavy atom. The van der Waals surface area contributed by atoms with Gasteiger partial charge < -0.3 is 10.2 Å². The summed E-state index contributed by atoms with van der Waals surface area (Å²) in [5.74, 6) is -1.44. The van der Waals surface area contributed by atoms with E-state index in [9.17, 15) is 18.3 Å². The fourth-order valence-corrected chi connectivity index (χ4v) is 3.22. The van der Waals surface area contributed by atoms with Gasteiger partial charge in [-0.05, 0) is 29.8 Å². The van der Waals surface area contributed by atoms with Crippen molar-refractivity contribution in [2.24, 2.45) is 0 Å². The molecular formula is C14H15NO5S. The number of carboxylic acid groups (broad SMARTS) is 1. The standard InChI is InChI=1S/C14H15NO5S/c1-9(16)13(14(17)18)15-21(19,20)12-7-6-10-4-2-3-5-11(10)8-12/h2-9,13,15-16H,1H3,(H,17,18)/t9-,13-/m0/s1. The van der Waals surface area contributed by atoms with Crippen LogP contribution in [0, 0.1) is 0 Å². The topological polar surface area (TPSA) is 104 Å². The lowest BCUT2D eigenvalue weighted by Gasteiger charge is -2.17. The Balaban J connectivity index is 2.39. The van der Waals surface area contributed by atoms with Gasteiger partial charge >= 0.3 is 5.97 Å². The largest absolute Gasteiger partial charge is 0.480 e. The SMILES string of the molecule is C[C@H](O)[C@H](NS(=O)(=O)c1ccc2ccccc2c1)C(=O)O. The molecule has 7 heteroatoms. The van der Waals surface area contributed by atoms with Crippen LogP contribution >= 0.6 is 0 Å². The van der Waals surface area contributed by atoms with Crippen molar-refractivity contribution >= 4 is 26.8 Å². The summed E-state index contributed by atoms with van der Waals surface area (Å²) in [5.41, 5.74) is 0. The minimum absolute atomic E-state index is 0.0481. The third kappa shape index (κ3) is 3.38. The number of rotatable bonds is 5. The zero-order chi connectivity index (χ0) is 15.6. The van der Waals surface area contributed by atoms with Gasteiger partial charge in [-0.2, -0.15) is 4.72 Å². The van der Waals surface area contributed by atoms with Crippen LogP contribution in [0.25, 0.3) is 10.8 Å². The van der Waals surface area contributed by atoms with Gasteiger partial charge in [0.2, 0.25) is 10.0 Å². The van der Waals surface area contributed by atoms with Gasteiger partial charge in [0.1, 0.15) is 6.04 Å². The van der Waals surface area contributed by atoms with Crippen LogP contribution in [0.4, 0.5) is 0 Å². The van der Waals surface area contributed by atoms with Gasteiger partial charge in [-0.25, -0.2) is 8.42 Å². The molecule has 0 unspecified atom stereocenters. The van der Waals surface area contributed by atoms with Gasteiger partial charge in [-0.3, -0.25) is 4.79 Å².